The largest absolute Gasteiger partial charge is 0.478 e. The van der Waals surface area contributed by atoms with Crippen LogP contribution in [0.25, 0.3) is 0 Å². The zero-order valence-electron chi connectivity index (χ0n) is 12.7. The third-order valence-electron chi connectivity index (χ3n) is 2.77. The predicted molar refractivity (Wildman–Crippen MR) is 77.6 cm³/mol. The molecule has 1 aromatic rings. The van der Waals surface area contributed by atoms with E-state index in [-0.39, 0.29) is 23.6 Å². The number of hydrogen-bond acceptors (Lipinski definition) is 3. The van der Waals surface area contributed by atoms with Gasteiger partial charge in [0.1, 0.15) is 5.82 Å². The summed E-state index contributed by atoms with van der Waals surface area (Å²) in [5, 5.41) is 14.6. The minimum absolute atomic E-state index is 0.148. The van der Waals surface area contributed by atoms with Gasteiger partial charge in [0, 0.05) is 12.1 Å². The van der Waals surface area contributed by atoms with E-state index in [2.05, 4.69) is 10.6 Å². The molecular weight excluding hydrogens is 275 g/mol. The van der Waals surface area contributed by atoms with E-state index < -0.39 is 17.8 Å². The molecule has 116 valence electrons. The molecular formula is C15H21FN2O3. The lowest BCUT2D eigenvalue weighted by Gasteiger charge is -2.23. The Kier molecular flexibility index (Phi) is 5.43. The van der Waals surface area contributed by atoms with Crippen LogP contribution < -0.4 is 10.6 Å². The number of carboxylic acids is 1. The highest BCUT2D eigenvalue weighted by molar-refractivity contribution is 5.87. The second kappa shape index (κ2) is 6.67. The smallest absolute Gasteiger partial charge is 0.338 e. The van der Waals surface area contributed by atoms with Crippen LogP contribution >= 0.6 is 0 Å². The molecule has 1 unspecified atom stereocenters. The van der Waals surface area contributed by atoms with E-state index in [0.717, 1.165) is 6.07 Å². The van der Waals surface area contributed by atoms with E-state index in [1.54, 1.807) is 6.92 Å². The number of carboxylic acid groups (broad SMARTS) is 1. The molecule has 0 spiro atoms. The number of carbonyl (C=O) groups excluding carboxylic acids is 1. The van der Waals surface area contributed by atoms with Crippen molar-refractivity contribution in [2.45, 2.75) is 45.8 Å². The number of amides is 1. The van der Waals surface area contributed by atoms with Crippen LogP contribution in [0.2, 0.25) is 0 Å². The summed E-state index contributed by atoms with van der Waals surface area (Å²) >= 11 is 0. The Morgan fingerprint density at radius 1 is 1.33 bits per heavy atom. The Labute approximate surface area is 123 Å². The Morgan fingerprint density at radius 2 is 1.95 bits per heavy atom. The minimum atomic E-state index is -1.30. The van der Waals surface area contributed by atoms with Gasteiger partial charge < -0.3 is 15.7 Å². The molecule has 0 fully saturated rings. The first-order valence-electron chi connectivity index (χ1n) is 6.67. The van der Waals surface area contributed by atoms with Crippen molar-refractivity contribution in [1.82, 2.24) is 10.6 Å². The average Bonchev–Trinajstić information content (AvgIpc) is 2.33. The third-order valence-corrected chi connectivity index (χ3v) is 2.77. The lowest BCUT2D eigenvalue weighted by Crippen LogP contribution is -2.49. The van der Waals surface area contributed by atoms with Gasteiger partial charge in [-0.15, -0.1) is 0 Å². The summed E-state index contributed by atoms with van der Waals surface area (Å²) in [6.45, 7) is 7.64. The fourth-order valence-electron chi connectivity index (χ4n) is 1.68. The SMILES string of the molecule is CC(NCc1ccc(C(=O)O)c(F)c1)C(=O)NC(C)(C)C. The summed E-state index contributed by atoms with van der Waals surface area (Å²) in [5.74, 6) is -2.23. The fourth-order valence-corrected chi connectivity index (χ4v) is 1.68. The lowest BCUT2D eigenvalue weighted by atomic mass is 10.1. The van der Waals surface area contributed by atoms with Crippen molar-refractivity contribution >= 4 is 11.9 Å². The highest BCUT2D eigenvalue weighted by Crippen LogP contribution is 2.10. The average molecular weight is 296 g/mol. The summed E-state index contributed by atoms with van der Waals surface area (Å²) < 4.78 is 13.5. The Balaban J connectivity index is 2.61. The van der Waals surface area contributed by atoms with Crippen molar-refractivity contribution in [3.05, 3.63) is 35.1 Å². The standard InChI is InChI=1S/C15H21FN2O3/c1-9(13(19)18-15(2,3)4)17-8-10-5-6-11(14(20)21)12(16)7-10/h5-7,9,17H,8H2,1-4H3,(H,18,19)(H,20,21). The van der Waals surface area contributed by atoms with Crippen LogP contribution in [0.15, 0.2) is 18.2 Å². The molecule has 1 rings (SSSR count). The van der Waals surface area contributed by atoms with Crippen LogP contribution in [0.3, 0.4) is 0 Å². The van der Waals surface area contributed by atoms with Gasteiger partial charge in [0.15, 0.2) is 0 Å². The molecule has 3 N–H and O–H groups in total. The maximum absolute atomic E-state index is 13.5. The van der Waals surface area contributed by atoms with E-state index in [1.807, 2.05) is 20.8 Å². The lowest BCUT2D eigenvalue weighted by molar-refractivity contribution is -0.124. The van der Waals surface area contributed by atoms with Crippen LogP contribution in [-0.4, -0.2) is 28.6 Å². The summed E-state index contributed by atoms with van der Waals surface area (Å²) in [7, 11) is 0. The maximum Gasteiger partial charge on any atom is 0.338 e. The Morgan fingerprint density at radius 3 is 2.43 bits per heavy atom. The van der Waals surface area contributed by atoms with E-state index in [1.165, 1.54) is 12.1 Å². The van der Waals surface area contributed by atoms with Crippen molar-refractivity contribution in [3.8, 4) is 0 Å². The van der Waals surface area contributed by atoms with Crippen molar-refractivity contribution < 1.29 is 19.1 Å². The molecule has 0 heterocycles. The van der Waals surface area contributed by atoms with Gasteiger partial charge in [0.25, 0.3) is 0 Å². The number of halogens is 1. The molecule has 1 amide bonds. The number of carbonyl (C=O) groups is 2. The molecule has 0 saturated carbocycles. The van der Waals surface area contributed by atoms with Gasteiger partial charge in [-0.25, -0.2) is 9.18 Å². The summed E-state index contributed by atoms with van der Waals surface area (Å²) in [6.07, 6.45) is 0. The molecule has 0 aromatic heterocycles. The van der Waals surface area contributed by atoms with Gasteiger partial charge in [0.05, 0.1) is 11.6 Å². The monoisotopic (exact) mass is 296 g/mol. The van der Waals surface area contributed by atoms with Crippen LogP contribution in [0.4, 0.5) is 4.39 Å². The van der Waals surface area contributed by atoms with Gasteiger partial charge in [-0.3, -0.25) is 4.79 Å². The Hall–Kier alpha value is -1.95. The van der Waals surface area contributed by atoms with Gasteiger partial charge in [-0.05, 0) is 45.4 Å². The number of aromatic carboxylic acids is 1. The maximum atomic E-state index is 13.5. The summed E-state index contributed by atoms with van der Waals surface area (Å²) in [6, 6.07) is 3.46. The van der Waals surface area contributed by atoms with Crippen molar-refractivity contribution in [3.63, 3.8) is 0 Å². The topological polar surface area (TPSA) is 78.4 Å². The fraction of sp³-hybridized carbons (Fsp3) is 0.467. The van der Waals surface area contributed by atoms with E-state index in [0.29, 0.717) is 5.56 Å². The van der Waals surface area contributed by atoms with Crippen LogP contribution in [0, 0.1) is 5.82 Å². The summed E-state index contributed by atoms with van der Waals surface area (Å²) in [5.41, 5.74) is -0.104. The van der Waals surface area contributed by atoms with Gasteiger partial charge >= 0.3 is 5.97 Å². The van der Waals surface area contributed by atoms with Crippen molar-refractivity contribution in [2.75, 3.05) is 0 Å². The molecule has 0 aliphatic rings. The third kappa shape index (κ3) is 5.51. The molecule has 1 aromatic carbocycles. The molecule has 6 heteroatoms. The molecule has 0 radical (unpaired) electrons. The molecule has 5 nitrogen and oxygen atoms in total. The van der Waals surface area contributed by atoms with Gasteiger partial charge in [0.2, 0.25) is 5.91 Å². The highest BCUT2D eigenvalue weighted by atomic mass is 19.1. The quantitative estimate of drug-likeness (QED) is 0.775. The van der Waals surface area contributed by atoms with Gasteiger partial charge in [-0.1, -0.05) is 6.07 Å². The first-order valence-corrected chi connectivity index (χ1v) is 6.67. The first-order chi connectivity index (χ1) is 9.60. The molecule has 0 aliphatic heterocycles. The van der Waals surface area contributed by atoms with Crippen molar-refractivity contribution in [1.29, 1.82) is 0 Å². The Bertz CT molecular complexity index is 538. The zero-order valence-corrected chi connectivity index (χ0v) is 12.7. The number of hydrogen-bond donors (Lipinski definition) is 3. The number of benzene rings is 1. The van der Waals surface area contributed by atoms with E-state index >= 15 is 0 Å². The second-order valence-corrected chi connectivity index (χ2v) is 5.96. The molecule has 21 heavy (non-hydrogen) atoms. The van der Waals surface area contributed by atoms with E-state index in [9.17, 15) is 14.0 Å². The molecule has 0 bridgehead atoms. The van der Waals surface area contributed by atoms with Crippen LogP contribution in [-0.2, 0) is 11.3 Å². The van der Waals surface area contributed by atoms with Crippen molar-refractivity contribution in [2.24, 2.45) is 0 Å². The summed E-state index contributed by atoms with van der Waals surface area (Å²) in [4.78, 5) is 22.6. The number of nitrogens with one attached hydrogen (secondary N) is 2. The van der Waals surface area contributed by atoms with E-state index in [4.69, 9.17) is 5.11 Å². The number of rotatable bonds is 5. The van der Waals surface area contributed by atoms with Crippen LogP contribution in [0.1, 0.15) is 43.6 Å². The predicted octanol–water partition coefficient (Wildman–Crippen LogP) is 1.92. The first kappa shape index (κ1) is 17.1. The molecule has 0 saturated heterocycles. The molecule has 0 aliphatic carbocycles. The van der Waals surface area contributed by atoms with Gasteiger partial charge in [-0.2, -0.15) is 0 Å². The zero-order chi connectivity index (χ0) is 16.2. The second-order valence-electron chi connectivity index (χ2n) is 5.96. The minimum Gasteiger partial charge on any atom is -0.478 e. The van der Waals surface area contributed by atoms with Crippen LogP contribution in [0.5, 0.6) is 0 Å². The molecule has 1 atom stereocenters. The highest BCUT2D eigenvalue weighted by Gasteiger charge is 2.19. The normalized spacial score (nSPS) is 12.8.